The molecule has 0 bridgehead atoms. The quantitative estimate of drug-likeness (QED) is 0.377. The molecule has 0 saturated heterocycles. The summed E-state index contributed by atoms with van der Waals surface area (Å²) in [7, 11) is 0. The molecule has 1 aromatic heterocycles. The summed E-state index contributed by atoms with van der Waals surface area (Å²) >= 11 is 7.29. The van der Waals surface area contributed by atoms with Crippen LogP contribution in [-0.4, -0.2) is 15.7 Å². The molecule has 2 aromatic rings. The first-order valence-electron chi connectivity index (χ1n) is 7.39. The molecule has 4 nitrogen and oxygen atoms in total. The molecule has 126 valence electrons. The summed E-state index contributed by atoms with van der Waals surface area (Å²) in [6, 6.07) is 8.79. The zero-order chi connectivity index (χ0) is 17.7. The topological polar surface area (TPSA) is 48.1 Å². The lowest BCUT2D eigenvalue weighted by molar-refractivity contribution is -0.384. The van der Waals surface area contributed by atoms with Crippen LogP contribution in [0.5, 0.6) is 0 Å². The zero-order valence-electron chi connectivity index (χ0n) is 13.8. The first-order valence-corrected chi connectivity index (χ1v) is 9.05. The molecule has 0 aliphatic rings. The SMILES string of the molecule is CS/C(=C\C=C\Cl)Cn1c(C)cc(-c2ccc([N+](=O)[O-])cc2)c1C. The molecule has 1 heterocycles. The van der Waals surface area contributed by atoms with E-state index < -0.39 is 0 Å². The van der Waals surface area contributed by atoms with Crippen molar-refractivity contribution in [2.45, 2.75) is 20.4 Å². The Bertz CT molecular complexity index is 792. The second-order valence-electron chi connectivity index (χ2n) is 5.33. The maximum absolute atomic E-state index is 10.8. The first-order chi connectivity index (χ1) is 11.5. The van der Waals surface area contributed by atoms with E-state index in [-0.39, 0.29) is 10.6 Å². The Labute approximate surface area is 151 Å². The van der Waals surface area contributed by atoms with E-state index in [1.807, 2.05) is 18.4 Å². The largest absolute Gasteiger partial charge is 0.344 e. The standard InChI is InChI=1S/C18H19ClN2O2S/c1-13-11-18(15-6-8-16(9-7-15)21(22)23)14(2)20(13)12-17(24-3)5-4-10-19/h4-11H,12H2,1-3H3/b10-4+,17-5-. The highest BCUT2D eigenvalue weighted by Gasteiger charge is 2.13. The van der Waals surface area contributed by atoms with Crippen LogP contribution in [0.3, 0.4) is 0 Å². The van der Waals surface area contributed by atoms with Crippen LogP contribution >= 0.6 is 23.4 Å². The second-order valence-corrected chi connectivity index (χ2v) is 6.52. The van der Waals surface area contributed by atoms with Crippen LogP contribution in [0.2, 0.25) is 0 Å². The number of allylic oxidation sites excluding steroid dienone is 3. The number of hydrogen-bond acceptors (Lipinski definition) is 3. The Kier molecular flexibility index (Phi) is 6.29. The molecule has 0 N–H and O–H groups in total. The fraction of sp³-hybridized carbons (Fsp3) is 0.222. The Morgan fingerprint density at radius 1 is 1.33 bits per heavy atom. The van der Waals surface area contributed by atoms with Crippen LogP contribution in [0.25, 0.3) is 11.1 Å². The van der Waals surface area contributed by atoms with E-state index in [1.54, 1.807) is 36.0 Å². The van der Waals surface area contributed by atoms with Crippen molar-refractivity contribution in [2.24, 2.45) is 0 Å². The lowest BCUT2D eigenvalue weighted by Crippen LogP contribution is -2.03. The maximum atomic E-state index is 10.8. The van der Waals surface area contributed by atoms with Gasteiger partial charge < -0.3 is 4.57 Å². The number of hydrogen-bond donors (Lipinski definition) is 0. The van der Waals surface area contributed by atoms with Crippen molar-refractivity contribution in [1.82, 2.24) is 4.57 Å². The van der Waals surface area contributed by atoms with E-state index in [4.69, 9.17) is 11.6 Å². The van der Waals surface area contributed by atoms with Crippen molar-refractivity contribution in [3.05, 3.63) is 74.4 Å². The first kappa shape index (κ1) is 18.4. The van der Waals surface area contributed by atoms with Gasteiger partial charge in [-0.3, -0.25) is 10.1 Å². The van der Waals surface area contributed by atoms with E-state index in [0.717, 1.165) is 29.1 Å². The minimum Gasteiger partial charge on any atom is -0.344 e. The molecule has 0 radical (unpaired) electrons. The predicted molar refractivity (Wildman–Crippen MR) is 103 cm³/mol. The number of benzene rings is 1. The number of nitro benzene ring substituents is 1. The third kappa shape index (κ3) is 4.10. The third-order valence-electron chi connectivity index (χ3n) is 3.89. The van der Waals surface area contributed by atoms with Gasteiger partial charge in [-0.05, 0) is 43.9 Å². The third-order valence-corrected chi connectivity index (χ3v) is 4.83. The molecular formula is C18H19ClN2O2S. The monoisotopic (exact) mass is 362 g/mol. The van der Waals surface area contributed by atoms with Crippen molar-refractivity contribution in [3.63, 3.8) is 0 Å². The Balaban J connectivity index is 2.36. The van der Waals surface area contributed by atoms with Crippen LogP contribution < -0.4 is 0 Å². The van der Waals surface area contributed by atoms with Gasteiger partial charge in [0.1, 0.15) is 0 Å². The second kappa shape index (κ2) is 8.22. The lowest BCUT2D eigenvalue weighted by Gasteiger charge is -2.11. The van der Waals surface area contributed by atoms with Crippen molar-refractivity contribution in [1.29, 1.82) is 0 Å². The molecule has 1 aromatic carbocycles. The normalized spacial score (nSPS) is 12.1. The van der Waals surface area contributed by atoms with Crippen LogP contribution in [-0.2, 0) is 6.54 Å². The van der Waals surface area contributed by atoms with Crippen LogP contribution in [0.1, 0.15) is 11.4 Å². The number of thioether (sulfide) groups is 1. The number of rotatable bonds is 6. The number of aromatic nitrogens is 1. The summed E-state index contributed by atoms with van der Waals surface area (Å²) in [5.74, 6) is 0. The van der Waals surface area contributed by atoms with E-state index in [0.29, 0.717) is 0 Å². The van der Waals surface area contributed by atoms with Crippen LogP contribution in [0.15, 0.2) is 52.9 Å². The van der Waals surface area contributed by atoms with Crippen molar-refractivity contribution in [3.8, 4) is 11.1 Å². The van der Waals surface area contributed by atoms with E-state index in [2.05, 4.69) is 24.5 Å². The summed E-state index contributed by atoms with van der Waals surface area (Å²) < 4.78 is 2.24. The number of non-ortho nitro benzene ring substituents is 1. The molecule has 0 unspecified atom stereocenters. The molecule has 0 amide bonds. The van der Waals surface area contributed by atoms with E-state index in [9.17, 15) is 10.1 Å². The van der Waals surface area contributed by atoms with Crippen LogP contribution in [0, 0.1) is 24.0 Å². The van der Waals surface area contributed by atoms with Crippen molar-refractivity contribution in [2.75, 3.05) is 6.26 Å². The van der Waals surface area contributed by atoms with Gasteiger partial charge in [-0.25, -0.2) is 0 Å². The van der Waals surface area contributed by atoms with Crippen LogP contribution in [0.4, 0.5) is 5.69 Å². The molecule has 0 saturated carbocycles. The fourth-order valence-electron chi connectivity index (χ4n) is 2.58. The van der Waals surface area contributed by atoms with Gasteiger partial charge >= 0.3 is 0 Å². The van der Waals surface area contributed by atoms with E-state index in [1.165, 1.54) is 10.4 Å². The van der Waals surface area contributed by atoms with Crippen molar-refractivity contribution >= 4 is 29.1 Å². The minimum absolute atomic E-state index is 0.105. The van der Waals surface area contributed by atoms with Gasteiger partial charge in [-0.15, -0.1) is 11.8 Å². The van der Waals surface area contributed by atoms with Gasteiger partial charge in [0.05, 0.1) is 11.5 Å². The molecule has 6 heteroatoms. The fourth-order valence-corrected chi connectivity index (χ4v) is 3.13. The smallest absolute Gasteiger partial charge is 0.269 e. The van der Waals surface area contributed by atoms with Crippen molar-refractivity contribution < 1.29 is 4.92 Å². The molecule has 0 fully saturated rings. The lowest BCUT2D eigenvalue weighted by atomic mass is 10.1. The Hall–Kier alpha value is -1.98. The highest BCUT2D eigenvalue weighted by molar-refractivity contribution is 8.02. The summed E-state index contributed by atoms with van der Waals surface area (Å²) in [5.41, 5.74) is 5.96. The molecule has 0 atom stereocenters. The highest BCUT2D eigenvalue weighted by Crippen LogP contribution is 2.29. The Morgan fingerprint density at radius 3 is 2.54 bits per heavy atom. The summed E-state index contributed by atoms with van der Waals surface area (Å²) in [6.07, 6.45) is 5.86. The van der Waals surface area contributed by atoms with Gasteiger partial charge in [0.25, 0.3) is 5.69 Å². The van der Waals surface area contributed by atoms with Gasteiger partial charge in [0, 0.05) is 39.5 Å². The predicted octanol–water partition coefficient (Wildman–Crippen LogP) is 5.68. The van der Waals surface area contributed by atoms with E-state index >= 15 is 0 Å². The highest BCUT2D eigenvalue weighted by atomic mass is 35.5. The number of halogens is 1. The molecule has 2 rings (SSSR count). The number of aryl methyl sites for hydroxylation is 1. The summed E-state index contributed by atoms with van der Waals surface area (Å²) in [6.45, 7) is 4.91. The van der Waals surface area contributed by atoms with Gasteiger partial charge in [0.2, 0.25) is 0 Å². The summed E-state index contributed by atoms with van der Waals surface area (Å²) in [4.78, 5) is 11.6. The van der Waals surface area contributed by atoms with Gasteiger partial charge in [0.15, 0.2) is 0 Å². The molecule has 0 aliphatic carbocycles. The minimum atomic E-state index is -0.382. The molecular weight excluding hydrogens is 344 g/mol. The van der Waals surface area contributed by atoms with Gasteiger partial charge in [-0.2, -0.15) is 0 Å². The average Bonchev–Trinajstić information content (AvgIpc) is 2.86. The molecule has 24 heavy (non-hydrogen) atoms. The number of nitrogens with zero attached hydrogens (tertiary/aromatic N) is 2. The molecule has 0 aliphatic heterocycles. The Morgan fingerprint density at radius 2 is 2.00 bits per heavy atom. The zero-order valence-corrected chi connectivity index (χ0v) is 15.4. The average molecular weight is 363 g/mol. The molecule has 0 spiro atoms. The summed E-state index contributed by atoms with van der Waals surface area (Å²) in [5, 5.41) is 10.8. The maximum Gasteiger partial charge on any atom is 0.269 e. The van der Waals surface area contributed by atoms with Gasteiger partial charge in [-0.1, -0.05) is 23.8 Å². The number of nitro groups is 1.